The molecule has 0 rings (SSSR count). The van der Waals surface area contributed by atoms with Gasteiger partial charge in [0.25, 0.3) is 0 Å². The fourth-order valence-electron chi connectivity index (χ4n) is 1.32. The molecule has 0 aliphatic rings. The number of alkyl carbamates (subject to hydrolysis) is 1. The van der Waals surface area contributed by atoms with E-state index in [1.54, 1.807) is 20.8 Å². The van der Waals surface area contributed by atoms with Gasteiger partial charge in [0, 0.05) is 0 Å². The lowest BCUT2D eigenvalue weighted by atomic mass is 10.1. The zero-order valence-corrected chi connectivity index (χ0v) is 13.8. The lowest BCUT2D eigenvalue weighted by Crippen LogP contribution is -2.50. The highest BCUT2D eigenvalue weighted by molar-refractivity contribution is 6.67. The summed E-state index contributed by atoms with van der Waals surface area (Å²) >= 11 is 16.2. The predicted molar refractivity (Wildman–Crippen MR) is 76.5 cm³/mol. The third-order valence-corrected chi connectivity index (χ3v) is 2.24. The molecule has 1 amide bonds. The Morgan fingerprint density at radius 1 is 1.25 bits per heavy atom. The minimum atomic E-state index is -1.76. The molecule has 118 valence electrons. The molecule has 0 heterocycles. The van der Waals surface area contributed by atoms with E-state index in [4.69, 9.17) is 44.6 Å². The molecular formula is C11H18Cl3NO5. The van der Waals surface area contributed by atoms with Crippen molar-refractivity contribution in [3.63, 3.8) is 0 Å². The average Bonchev–Trinajstić information content (AvgIpc) is 2.18. The molecule has 0 fully saturated rings. The average molecular weight is 351 g/mol. The predicted octanol–water partition coefficient (Wildman–Crippen LogP) is 2.74. The number of carboxylic acid groups (broad SMARTS) is 1. The summed E-state index contributed by atoms with van der Waals surface area (Å²) in [5, 5.41) is 11.2. The van der Waals surface area contributed by atoms with Crippen LogP contribution in [0.3, 0.4) is 0 Å². The van der Waals surface area contributed by atoms with Gasteiger partial charge in [-0.2, -0.15) is 0 Å². The summed E-state index contributed by atoms with van der Waals surface area (Å²) in [6, 6.07) is -1.28. The Bertz CT molecular complexity index is 351. The number of carbonyl (C=O) groups is 2. The first kappa shape index (κ1) is 19.6. The highest BCUT2D eigenvalue weighted by Crippen LogP contribution is 2.25. The first-order chi connectivity index (χ1) is 8.82. The molecule has 0 bridgehead atoms. The molecule has 1 unspecified atom stereocenters. The molecule has 6 nitrogen and oxygen atoms in total. The van der Waals surface area contributed by atoms with Gasteiger partial charge >= 0.3 is 12.1 Å². The van der Waals surface area contributed by atoms with Crippen LogP contribution in [0.15, 0.2) is 0 Å². The number of carbonyl (C=O) groups excluding carboxylic acids is 1. The van der Waals surface area contributed by atoms with Crippen LogP contribution in [0, 0.1) is 0 Å². The second kappa shape index (κ2) is 7.54. The van der Waals surface area contributed by atoms with Crippen LogP contribution in [0.4, 0.5) is 4.79 Å². The van der Waals surface area contributed by atoms with Crippen LogP contribution in [0.5, 0.6) is 0 Å². The molecule has 20 heavy (non-hydrogen) atoms. The first-order valence-corrected chi connectivity index (χ1v) is 6.86. The summed E-state index contributed by atoms with van der Waals surface area (Å²) in [6.07, 6.45) is -1.78. The lowest BCUT2D eigenvalue weighted by Gasteiger charge is -2.29. The quantitative estimate of drug-likeness (QED) is 0.745. The van der Waals surface area contributed by atoms with Gasteiger partial charge < -0.3 is 19.9 Å². The molecule has 0 aliphatic heterocycles. The third-order valence-electron chi connectivity index (χ3n) is 1.92. The van der Waals surface area contributed by atoms with Crippen LogP contribution >= 0.6 is 34.8 Å². The maximum absolute atomic E-state index is 11.4. The number of carboxylic acids is 1. The van der Waals surface area contributed by atoms with Gasteiger partial charge in [0.2, 0.25) is 3.79 Å². The number of amides is 1. The van der Waals surface area contributed by atoms with E-state index in [1.165, 1.54) is 6.92 Å². The van der Waals surface area contributed by atoms with E-state index in [0.29, 0.717) is 0 Å². The van der Waals surface area contributed by atoms with Crippen LogP contribution in [-0.4, -0.2) is 45.3 Å². The molecule has 0 aliphatic carbocycles. The Balaban J connectivity index is 4.55. The number of hydrogen-bond acceptors (Lipinski definition) is 4. The fourth-order valence-corrected chi connectivity index (χ4v) is 1.49. The van der Waals surface area contributed by atoms with Crippen LogP contribution < -0.4 is 5.32 Å². The Hall–Kier alpha value is -0.430. The van der Waals surface area contributed by atoms with Crippen molar-refractivity contribution >= 4 is 46.9 Å². The molecule has 0 radical (unpaired) electrons. The van der Waals surface area contributed by atoms with Gasteiger partial charge in [-0.3, -0.25) is 0 Å². The van der Waals surface area contributed by atoms with Crippen molar-refractivity contribution in [3.8, 4) is 0 Å². The van der Waals surface area contributed by atoms with E-state index in [-0.39, 0.29) is 0 Å². The van der Waals surface area contributed by atoms with E-state index >= 15 is 0 Å². The highest BCUT2D eigenvalue weighted by atomic mass is 35.6. The Kier molecular flexibility index (Phi) is 7.38. The van der Waals surface area contributed by atoms with E-state index in [9.17, 15) is 9.59 Å². The van der Waals surface area contributed by atoms with Gasteiger partial charge in [0.05, 0.1) is 11.7 Å². The van der Waals surface area contributed by atoms with E-state index in [0.717, 1.165) is 0 Å². The molecule has 2 atom stereocenters. The standard InChI is InChI=1S/C11H18Cl3NO5/c1-6(20-10(2,3)4)7(8(16)17)15-9(18)19-5-11(12,13)14/h6-7H,5H2,1-4H3,(H,15,18)(H,16,17)/t6?,7-/m0/s1. The summed E-state index contributed by atoms with van der Waals surface area (Å²) in [6.45, 7) is 6.33. The fraction of sp³-hybridized carbons (Fsp3) is 0.818. The SMILES string of the molecule is CC(OC(C)(C)C)[C@H](NC(=O)OCC(Cl)(Cl)Cl)C(=O)O. The van der Waals surface area contributed by atoms with Crippen LogP contribution in [0.2, 0.25) is 0 Å². The Morgan fingerprint density at radius 3 is 2.10 bits per heavy atom. The minimum absolute atomic E-state index is 0.496. The largest absolute Gasteiger partial charge is 0.480 e. The molecule has 0 saturated carbocycles. The minimum Gasteiger partial charge on any atom is -0.480 e. The first-order valence-electron chi connectivity index (χ1n) is 5.72. The summed E-state index contributed by atoms with van der Waals surface area (Å²) in [5.41, 5.74) is -0.559. The lowest BCUT2D eigenvalue weighted by molar-refractivity contribution is -0.147. The summed E-state index contributed by atoms with van der Waals surface area (Å²) in [4.78, 5) is 22.6. The molecule has 9 heteroatoms. The maximum atomic E-state index is 11.4. The summed E-state index contributed by atoms with van der Waals surface area (Å²) < 4.78 is 8.32. The molecule has 0 saturated heterocycles. The number of ether oxygens (including phenoxy) is 2. The number of rotatable bonds is 5. The highest BCUT2D eigenvalue weighted by Gasteiger charge is 2.31. The van der Waals surface area contributed by atoms with Crippen molar-refractivity contribution < 1.29 is 24.2 Å². The molecular weight excluding hydrogens is 332 g/mol. The topological polar surface area (TPSA) is 84.9 Å². The van der Waals surface area contributed by atoms with Crippen LogP contribution in [-0.2, 0) is 14.3 Å². The van der Waals surface area contributed by atoms with Crippen molar-refractivity contribution in [1.29, 1.82) is 0 Å². The van der Waals surface area contributed by atoms with Crippen molar-refractivity contribution in [2.45, 2.75) is 49.2 Å². The molecule has 2 N–H and O–H groups in total. The van der Waals surface area contributed by atoms with Crippen molar-refractivity contribution in [2.75, 3.05) is 6.61 Å². The van der Waals surface area contributed by atoms with Gasteiger partial charge in [0.15, 0.2) is 6.04 Å². The molecule has 0 aromatic heterocycles. The van der Waals surface area contributed by atoms with Crippen molar-refractivity contribution in [2.24, 2.45) is 0 Å². The van der Waals surface area contributed by atoms with E-state index < -0.39 is 40.2 Å². The van der Waals surface area contributed by atoms with Gasteiger partial charge in [-0.15, -0.1) is 0 Å². The van der Waals surface area contributed by atoms with Crippen LogP contribution in [0.25, 0.3) is 0 Å². The zero-order chi connectivity index (χ0) is 16.1. The molecule has 0 spiro atoms. The Labute approximate surface area is 132 Å². The van der Waals surface area contributed by atoms with Crippen LogP contribution in [0.1, 0.15) is 27.7 Å². The van der Waals surface area contributed by atoms with Gasteiger partial charge in [-0.05, 0) is 27.7 Å². The van der Waals surface area contributed by atoms with Gasteiger partial charge in [-0.25, -0.2) is 9.59 Å². The summed E-state index contributed by atoms with van der Waals surface area (Å²) in [5.74, 6) is -1.26. The van der Waals surface area contributed by atoms with Gasteiger partial charge in [0.1, 0.15) is 6.61 Å². The van der Waals surface area contributed by atoms with Crippen molar-refractivity contribution in [3.05, 3.63) is 0 Å². The Morgan fingerprint density at radius 2 is 1.75 bits per heavy atom. The maximum Gasteiger partial charge on any atom is 0.408 e. The number of alkyl halides is 3. The van der Waals surface area contributed by atoms with Gasteiger partial charge in [-0.1, -0.05) is 34.8 Å². The summed E-state index contributed by atoms with van der Waals surface area (Å²) in [7, 11) is 0. The monoisotopic (exact) mass is 349 g/mol. The third kappa shape index (κ3) is 9.47. The molecule has 0 aromatic rings. The number of hydrogen-bond donors (Lipinski definition) is 2. The normalized spacial score (nSPS) is 15.3. The number of aliphatic carboxylic acids is 1. The smallest absolute Gasteiger partial charge is 0.408 e. The van der Waals surface area contributed by atoms with E-state index in [1.807, 2.05) is 0 Å². The second-order valence-corrected chi connectivity index (χ2v) is 7.60. The zero-order valence-electron chi connectivity index (χ0n) is 11.6. The molecule has 0 aromatic carbocycles. The second-order valence-electron chi connectivity index (χ2n) is 5.09. The van der Waals surface area contributed by atoms with E-state index in [2.05, 4.69) is 10.1 Å². The van der Waals surface area contributed by atoms with Crippen molar-refractivity contribution in [1.82, 2.24) is 5.32 Å². The number of halogens is 3. The number of nitrogens with one attached hydrogen (secondary N) is 1.